The van der Waals surface area contributed by atoms with Crippen molar-refractivity contribution in [3.05, 3.63) is 18.1 Å². The molecule has 3 atom stereocenters. The fraction of sp³-hybridized carbons (Fsp3) is 0.714. The van der Waals surface area contributed by atoms with Crippen LogP contribution in [0, 0.1) is 11.8 Å². The molecule has 17 heavy (non-hydrogen) atoms. The van der Waals surface area contributed by atoms with Crippen LogP contribution in [0.25, 0.3) is 0 Å². The molecular formula is C14H23N3. The van der Waals surface area contributed by atoms with E-state index in [0.717, 1.165) is 29.8 Å². The summed E-state index contributed by atoms with van der Waals surface area (Å²) < 4.78 is 0. The minimum Gasteiger partial charge on any atom is -0.367 e. The first-order chi connectivity index (χ1) is 8.19. The Morgan fingerprint density at radius 2 is 2.06 bits per heavy atom. The standard InChI is InChI=1S/C14H23N3/c1-4-12-8-14(16-9-15-12)17-13-6-5-10(2)11(3)7-13/h8-11,13H,4-7H2,1-3H3,(H,15,16,17). The molecule has 0 bridgehead atoms. The SMILES string of the molecule is CCc1cc(NC2CCC(C)C(C)C2)ncn1. The zero-order valence-electron chi connectivity index (χ0n) is 11.1. The maximum Gasteiger partial charge on any atom is 0.129 e. The first-order valence-electron chi connectivity index (χ1n) is 6.76. The third-order valence-electron chi connectivity index (χ3n) is 4.04. The summed E-state index contributed by atoms with van der Waals surface area (Å²) in [5.41, 5.74) is 1.11. The van der Waals surface area contributed by atoms with Gasteiger partial charge in [0.15, 0.2) is 0 Å². The van der Waals surface area contributed by atoms with Gasteiger partial charge in [-0.3, -0.25) is 0 Å². The molecule has 94 valence electrons. The number of hydrogen-bond donors (Lipinski definition) is 1. The molecule has 1 aromatic heterocycles. The van der Waals surface area contributed by atoms with Gasteiger partial charge in [-0.2, -0.15) is 0 Å². The molecule has 1 saturated carbocycles. The summed E-state index contributed by atoms with van der Waals surface area (Å²) in [5, 5.41) is 3.56. The van der Waals surface area contributed by atoms with Crippen molar-refractivity contribution in [2.45, 2.75) is 52.5 Å². The van der Waals surface area contributed by atoms with Crippen LogP contribution in [-0.2, 0) is 6.42 Å². The van der Waals surface area contributed by atoms with Crippen LogP contribution in [0.3, 0.4) is 0 Å². The molecule has 3 nitrogen and oxygen atoms in total. The van der Waals surface area contributed by atoms with E-state index < -0.39 is 0 Å². The largest absolute Gasteiger partial charge is 0.367 e. The van der Waals surface area contributed by atoms with E-state index in [0.29, 0.717) is 6.04 Å². The average molecular weight is 233 g/mol. The van der Waals surface area contributed by atoms with Crippen LogP contribution >= 0.6 is 0 Å². The van der Waals surface area contributed by atoms with Gasteiger partial charge in [0.2, 0.25) is 0 Å². The molecule has 0 saturated heterocycles. The molecule has 0 radical (unpaired) electrons. The Bertz CT molecular complexity index is 364. The third kappa shape index (κ3) is 3.18. The van der Waals surface area contributed by atoms with Crippen molar-refractivity contribution in [1.82, 2.24) is 9.97 Å². The molecular weight excluding hydrogens is 210 g/mol. The van der Waals surface area contributed by atoms with Gasteiger partial charge in [0.05, 0.1) is 0 Å². The van der Waals surface area contributed by atoms with E-state index in [2.05, 4.69) is 42.1 Å². The van der Waals surface area contributed by atoms with Crippen LogP contribution in [-0.4, -0.2) is 16.0 Å². The van der Waals surface area contributed by atoms with Gasteiger partial charge >= 0.3 is 0 Å². The van der Waals surface area contributed by atoms with Crippen molar-refractivity contribution < 1.29 is 0 Å². The second kappa shape index (κ2) is 5.48. The minimum atomic E-state index is 0.584. The lowest BCUT2D eigenvalue weighted by Crippen LogP contribution is -2.30. The smallest absolute Gasteiger partial charge is 0.129 e. The van der Waals surface area contributed by atoms with E-state index >= 15 is 0 Å². The van der Waals surface area contributed by atoms with Crippen molar-refractivity contribution >= 4 is 5.82 Å². The number of aromatic nitrogens is 2. The van der Waals surface area contributed by atoms with Crippen LogP contribution < -0.4 is 5.32 Å². The fourth-order valence-electron chi connectivity index (χ4n) is 2.56. The number of nitrogens with zero attached hydrogens (tertiary/aromatic N) is 2. The van der Waals surface area contributed by atoms with Crippen LogP contribution in [0.2, 0.25) is 0 Å². The maximum atomic E-state index is 4.30. The van der Waals surface area contributed by atoms with Gasteiger partial charge in [0.25, 0.3) is 0 Å². The number of aryl methyl sites for hydroxylation is 1. The third-order valence-corrected chi connectivity index (χ3v) is 4.04. The van der Waals surface area contributed by atoms with Gasteiger partial charge in [0.1, 0.15) is 12.1 Å². The monoisotopic (exact) mass is 233 g/mol. The molecule has 1 aliphatic rings. The molecule has 1 heterocycles. The zero-order valence-corrected chi connectivity index (χ0v) is 11.1. The van der Waals surface area contributed by atoms with Gasteiger partial charge in [0, 0.05) is 17.8 Å². The molecule has 1 aromatic rings. The van der Waals surface area contributed by atoms with Crippen molar-refractivity contribution in [3.63, 3.8) is 0 Å². The highest BCUT2D eigenvalue weighted by Crippen LogP contribution is 2.30. The predicted octanol–water partition coefficient (Wildman–Crippen LogP) is 3.28. The Labute approximate surface area is 104 Å². The Kier molecular flexibility index (Phi) is 3.97. The Balaban J connectivity index is 1.96. The minimum absolute atomic E-state index is 0.584. The normalized spacial score (nSPS) is 29.0. The second-order valence-corrected chi connectivity index (χ2v) is 5.36. The number of hydrogen-bond acceptors (Lipinski definition) is 3. The maximum absolute atomic E-state index is 4.30. The molecule has 0 aliphatic heterocycles. The van der Waals surface area contributed by atoms with E-state index in [9.17, 15) is 0 Å². The summed E-state index contributed by atoms with van der Waals surface area (Å²) in [6, 6.07) is 2.66. The topological polar surface area (TPSA) is 37.8 Å². The summed E-state index contributed by atoms with van der Waals surface area (Å²) in [5.74, 6) is 2.67. The molecule has 0 amide bonds. The first-order valence-corrected chi connectivity index (χ1v) is 6.76. The van der Waals surface area contributed by atoms with Crippen molar-refractivity contribution in [2.75, 3.05) is 5.32 Å². The predicted molar refractivity (Wildman–Crippen MR) is 71.0 cm³/mol. The highest BCUT2D eigenvalue weighted by Gasteiger charge is 2.24. The highest BCUT2D eigenvalue weighted by molar-refractivity contribution is 5.36. The van der Waals surface area contributed by atoms with Gasteiger partial charge in [-0.05, 0) is 37.5 Å². The zero-order chi connectivity index (χ0) is 12.3. The molecule has 0 aromatic carbocycles. The van der Waals surface area contributed by atoms with Gasteiger partial charge in [-0.25, -0.2) is 9.97 Å². The average Bonchev–Trinajstić information content (AvgIpc) is 2.34. The highest BCUT2D eigenvalue weighted by atomic mass is 15.0. The van der Waals surface area contributed by atoms with Crippen molar-refractivity contribution in [1.29, 1.82) is 0 Å². The Morgan fingerprint density at radius 1 is 1.24 bits per heavy atom. The van der Waals surface area contributed by atoms with Gasteiger partial charge in [-0.15, -0.1) is 0 Å². The van der Waals surface area contributed by atoms with Gasteiger partial charge < -0.3 is 5.32 Å². The number of anilines is 1. The second-order valence-electron chi connectivity index (χ2n) is 5.36. The summed E-state index contributed by atoms with van der Waals surface area (Å²) in [6.45, 7) is 6.84. The van der Waals surface area contributed by atoms with E-state index in [1.54, 1.807) is 6.33 Å². The van der Waals surface area contributed by atoms with Gasteiger partial charge in [-0.1, -0.05) is 20.8 Å². The number of nitrogens with one attached hydrogen (secondary N) is 1. The molecule has 3 heteroatoms. The van der Waals surface area contributed by atoms with Crippen molar-refractivity contribution in [2.24, 2.45) is 11.8 Å². The van der Waals surface area contributed by atoms with Crippen LogP contribution in [0.1, 0.15) is 45.7 Å². The lowest BCUT2D eigenvalue weighted by Gasteiger charge is -2.32. The van der Waals surface area contributed by atoms with Crippen LogP contribution in [0.4, 0.5) is 5.82 Å². The lowest BCUT2D eigenvalue weighted by atomic mass is 9.79. The molecule has 0 spiro atoms. The quantitative estimate of drug-likeness (QED) is 0.870. The Morgan fingerprint density at radius 3 is 2.76 bits per heavy atom. The van der Waals surface area contributed by atoms with Crippen LogP contribution in [0.5, 0.6) is 0 Å². The van der Waals surface area contributed by atoms with Crippen LogP contribution in [0.15, 0.2) is 12.4 Å². The number of rotatable bonds is 3. The molecule has 3 unspecified atom stereocenters. The Hall–Kier alpha value is -1.12. The van der Waals surface area contributed by atoms with E-state index in [1.165, 1.54) is 19.3 Å². The lowest BCUT2D eigenvalue weighted by molar-refractivity contribution is 0.260. The molecule has 1 aliphatic carbocycles. The summed E-state index contributed by atoms with van der Waals surface area (Å²) in [6.07, 6.45) is 6.47. The van der Waals surface area contributed by atoms with E-state index in [1.807, 2.05) is 0 Å². The van der Waals surface area contributed by atoms with E-state index in [-0.39, 0.29) is 0 Å². The molecule has 1 fully saturated rings. The fourth-order valence-corrected chi connectivity index (χ4v) is 2.56. The molecule has 1 N–H and O–H groups in total. The summed E-state index contributed by atoms with van der Waals surface area (Å²) in [4.78, 5) is 8.53. The summed E-state index contributed by atoms with van der Waals surface area (Å²) in [7, 11) is 0. The van der Waals surface area contributed by atoms with E-state index in [4.69, 9.17) is 0 Å². The van der Waals surface area contributed by atoms with Crippen molar-refractivity contribution in [3.8, 4) is 0 Å². The summed E-state index contributed by atoms with van der Waals surface area (Å²) >= 11 is 0. The molecule has 2 rings (SSSR count). The first kappa shape index (κ1) is 12.3.